The normalized spacial score (nSPS) is 10.4. The van der Waals surface area contributed by atoms with Gasteiger partial charge in [0, 0.05) is 36.1 Å². The van der Waals surface area contributed by atoms with Crippen LogP contribution < -0.4 is 11.0 Å². The van der Waals surface area contributed by atoms with Crippen LogP contribution in [0.3, 0.4) is 0 Å². The van der Waals surface area contributed by atoms with Gasteiger partial charge in [0.15, 0.2) is 0 Å². The van der Waals surface area contributed by atoms with Gasteiger partial charge in [0.05, 0.1) is 6.42 Å². The third-order valence-corrected chi connectivity index (χ3v) is 3.21. The van der Waals surface area contributed by atoms with E-state index in [0.717, 1.165) is 0 Å². The maximum atomic E-state index is 13.5. The number of rotatable bonds is 5. The maximum absolute atomic E-state index is 13.5. The van der Waals surface area contributed by atoms with Crippen LogP contribution in [0, 0.1) is 5.82 Å². The van der Waals surface area contributed by atoms with Gasteiger partial charge in [0.1, 0.15) is 5.82 Å². The molecule has 0 aliphatic rings. The molecule has 2 rings (SSSR count). The molecule has 1 aromatic carbocycles. The van der Waals surface area contributed by atoms with Crippen LogP contribution >= 0.6 is 11.6 Å². The highest BCUT2D eigenvalue weighted by molar-refractivity contribution is 6.31. The SMILES string of the molecule is O=C(Cc1c(F)cccc1Cl)NCCn1cccnc1=O. The Balaban J connectivity index is 1.88. The lowest BCUT2D eigenvalue weighted by Crippen LogP contribution is -2.32. The second-order valence-corrected chi connectivity index (χ2v) is 4.73. The lowest BCUT2D eigenvalue weighted by molar-refractivity contribution is -0.120. The van der Waals surface area contributed by atoms with Crippen LogP contribution in [-0.4, -0.2) is 22.0 Å². The zero-order valence-electron chi connectivity index (χ0n) is 11.1. The summed E-state index contributed by atoms with van der Waals surface area (Å²) in [5, 5.41) is 2.83. The van der Waals surface area contributed by atoms with Gasteiger partial charge in [-0.05, 0) is 18.2 Å². The van der Waals surface area contributed by atoms with E-state index in [-0.39, 0.29) is 35.1 Å². The molecule has 0 spiro atoms. The largest absolute Gasteiger partial charge is 0.354 e. The van der Waals surface area contributed by atoms with Crippen LogP contribution in [-0.2, 0) is 17.8 Å². The third-order valence-electron chi connectivity index (χ3n) is 2.86. The van der Waals surface area contributed by atoms with Crippen molar-refractivity contribution in [2.75, 3.05) is 6.54 Å². The standard InChI is InChI=1S/C14H13ClFN3O2/c15-11-3-1-4-12(16)10(11)9-13(20)17-6-8-19-7-2-5-18-14(19)21/h1-5,7H,6,8-9H2,(H,17,20). The highest BCUT2D eigenvalue weighted by atomic mass is 35.5. The summed E-state index contributed by atoms with van der Waals surface area (Å²) in [5.41, 5.74) is -0.223. The van der Waals surface area contributed by atoms with Gasteiger partial charge in [-0.3, -0.25) is 9.36 Å². The predicted octanol–water partition coefficient (Wildman–Crippen LogP) is 1.39. The van der Waals surface area contributed by atoms with Crippen molar-refractivity contribution in [3.8, 4) is 0 Å². The summed E-state index contributed by atoms with van der Waals surface area (Å²) in [6.07, 6.45) is 2.83. The van der Waals surface area contributed by atoms with Crippen molar-refractivity contribution in [3.05, 3.63) is 63.5 Å². The van der Waals surface area contributed by atoms with Crippen molar-refractivity contribution >= 4 is 17.5 Å². The Kier molecular flexibility index (Phi) is 5.05. The first-order valence-corrected chi connectivity index (χ1v) is 6.67. The fourth-order valence-electron chi connectivity index (χ4n) is 1.80. The van der Waals surface area contributed by atoms with Crippen LogP contribution in [0.1, 0.15) is 5.56 Å². The Bertz CT molecular complexity index is 682. The number of benzene rings is 1. The minimum Gasteiger partial charge on any atom is -0.354 e. The van der Waals surface area contributed by atoms with Crippen molar-refractivity contribution in [3.63, 3.8) is 0 Å². The summed E-state index contributed by atoms with van der Waals surface area (Å²) in [5.74, 6) is -0.875. The van der Waals surface area contributed by atoms with Crippen molar-refractivity contribution in [2.24, 2.45) is 0 Å². The Morgan fingerprint density at radius 2 is 2.19 bits per heavy atom. The zero-order valence-corrected chi connectivity index (χ0v) is 11.8. The molecule has 110 valence electrons. The van der Waals surface area contributed by atoms with Crippen LogP contribution in [0.15, 0.2) is 41.5 Å². The molecule has 0 aliphatic heterocycles. The van der Waals surface area contributed by atoms with Gasteiger partial charge < -0.3 is 5.32 Å². The highest BCUT2D eigenvalue weighted by Crippen LogP contribution is 2.19. The summed E-state index contributed by atoms with van der Waals surface area (Å²) >= 11 is 5.85. The number of nitrogens with zero attached hydrogens (tertiary/aromatic N) is 2. The smallest absolute Gasteiger partial charge is 0.347 e. The number of nitrogens with one attached hydrogen (secondary N) is 1. The number of carbonyl (C=O) groups excluding carboxylic acids is 1. The molecule has 0 radical (unpaired) electrons. The van der Waals surface area contributed by atoms with Gasteiger partial charge in [-0.2, -0.15) is 0 Å². The zero-order chi connectivity index (χ0) is 15.2. The van der Waals surface area contributed by atoms with E-state index < -0.39 is 5.82 Å². The third kappa shape index (κ3) is 4.13. The van der Waals surface area contributed by atoms with E-state index in [1.54, 1.807) is 12.3 Å². The van der Waals surface area contributed by atoms with E-state index in [1.807, 2.05) is 0 Å². The first kappa shape index (κ1) is 15.2. The molecule has 1 heterocycles. The Hall–Kier alpha value is -2.21. The molecular weight excluding hydrogens is 297 g/mol. The lowest BCUT2D eigenvalue weighted by Gasteiger charge is -2.08. The molecule has 0 unspecified atom stereocenters. The summed E-state index contributed by atoms with van der Waals surface area (Å²) in [7, 11) is 0. The van der Waals surface area contributed by atoms with Crippen LogP contribution in [0.4, 0.5) is 4.39 Å². The van der Waals surface area contributed by atoms with E-state index in [1.165, 1.54) is 29.0 Å². The molecule has 0 aliphatic carbocycles. The summed E-state index contributed by atoms with van der Waals surface area (Å²) in [6.45, 7) is 0.542. The van der Waals surface area contributed by atoms with Crippen molar-refractivity contribution in [1.29, 1.82) is 0 Å². The predicted molar refractivity (Wildman–Crippen MR) is 76.6 cm³/mol. The van der Waals surface area contributed by atoms with Gasteiger partial charge >= 0.3 is 5.69 Å². The molecule has 1 amide bonds. The van der Waals surface area contributed by atoms with Crippen molar-refractivity contribution in [2.45, 2.75) is 13.0 Å². The minimum absolute atomic E-state index is 0.145. The molecule has 0 saturated carbocycles. The average molecular weight is 310 g/mol. The fraction of sp³-hybridized carbons (Fsp3) is 0.214. The number of halogens is 2. The molecule has 21 heavy (non-hydrogen) atoms. The van der Waals surface area contributed by atoms with Gasteiger partial charge in [0.2, 0.25) is 5.91 Å². The Morgan fingerprint density at radius 3 is 2.90 bits per heavy atom. The molecule has 2 aromatic rings. The van der Waals surface area contributed by atoms with E-state index in [4.69, 9.17) is 11.6 Å². The van der Waals surface area contributed by atoms with Crippen LogP contribution in [0.5, 0.6) is 0 Å². The van der Waals surface area contributed by atoms with E-state index in [9.17, 15) is 14.0 Å². The quantitative estimate of drug-likeness (QED) is 0.908. The summed E-state index contributed by atoms with van der Waals surface area (Å²) in [4.78, 5) is 26.7. The molecule has 0 saturated heterocycles. The molecule has 1 N–H and O–H groups in total. The summed E-state index contributed by atoms with van der Waals surface area (Å²) in [6, 6.07) is 5.89. The van der Waals surface area contributed by atoms with E-state index >= 15 is 0 Å². The van der Waals surface area contributed by atoms with Gasteiger partial charge in [-0.25, -0.2) is 14.2 Å². The molecule has 0 bridgehead atoms. The second-order valence-electron chi connectivity index (χ2n) is 4.32. The maximum Gasteiger partial charge on any atom is 0.347 e. The second kappa shape index (κ2) is 6.99. The topological polar surface area (TPSA) is 64.0 Å². The van der Waals surface area contributed by atoms with Crippen LogP contribution in [0.25, 0.3) is 0 Å². The summed E-state index contributed by atoms with van der Waals surface area (Å²) < 4.78 is 14.9. The minimum atomic E-state index is -0.513. The first-order valence-electron chi connectivity index (χ1n) is 6.29. The highest BCUT2D eigenvalue weighted by Gasteiger charge is 2.11. The van der Waals surface area contributed by atoms with Gasteiger partial charge in [-0.1, -0.05) is 17.7 Å². The van der Waals surface area contributed by atoms with Gasteiger partial charge in [-0.15, -0.1) is 0 Å². The van der Waals surface area contributed by atoms with Crippen molar-refractivity contribution < 1.29 is 9.18 Å². The van der Waals surface area contributed by atoms with Crippen molar-refractivity contribution in [1.82, 2.24) is 14.9 Å². The van der Waals surface area contributed by atoms with E-state index in [0.29, 0.717) is 6.54 Å². The molecule has 0 fully saturated rings. The van der Waals surface area contributed by atoms with Crippen LogP contribution in [0.2, 0.25) is 5.02 Å². The fourth-order valence-corrected chi connectivity index (χ4v) is 2.03. The Labute approximate surface area is 125 Å². The van der Waals surface area contributed by atoms with E-state index in [2.05, 4.69) is 10.3 Å². The van der Waals surface area contributed by atoms with Gasteiger partial charge in [0.25, 0.3) is 0 Å². The Morgan fingerprint density at radius 1 is 1.38 bits per heavy atom. The molecular formula is C14H13ClFN3O2. The molecule has 1 aromatic heterocycles. The molecule has 0 atom stereocenters. The molecule has 7 heteroatoms. The lowest BCUT2D eigenvalue weighted by atomic mass is 10.1. The average Bonchev–Trinajstić information content (AvgIpc) is 2.45. The number of aromatic nitrogens is 2. The monoisotopic (exact) mass is 309 g/mol. The number of hydrogen-bond donors (Lipinski definition) is 1. The first-order chi connectivity index (χ1) is 10.1. The molecule has 5 nitrogen and oxygen atoms in total. The number of hydrogen-bond acceptors (Lipinski definition) is 3. The number of amides is 1. The number of carbonyl (C=O) groups is 1.